The van der Waals surface area contributed by atoms with Gasteiger partial charge in [-0.1, -0.05) is 11.6 Å². The number of rotatable bonds is 2. The number of amides is 2. The van der Waals surface area contributed by atoms with E-state index in [1.807, 2.05) is 6.07 Å². The van der Waals surface area contributed by atoms with Crippen LogP contribution in [0.5, 0.6) is 0 Å². The van der Waals surface area contributed by atoms with E-state index in [-0.39, 0.29) is 18.2 Å². The van der Waals surface area contributed by atoms with Crippen LogP contribution in [0.4, 0.5) is 5.69 Å². The molecule has 1 aliphatic heterocycles. The van der Waals surface area contributed by atoms with Gasteiger partial charge in [-0.15, -0.1) is 0 Å². The summed E-state index contributed by atoms with van der Waals surface area (Å²) in [5, 5.41) is 12.3. The zero-order valence-electron chi connectivity index (χ0n) is 9.61. The quantitative estimate of drug-likeness (QED) is 0.818. The molecule has 0 radical (unpaired) electrons. The minimum atomic E-state index is -0.615. The third kappa shape index (κ3) is 2.15. The minimum Gasteiger partial charge on any atom is -0.372 e. The van der Waals surface area contributed by atoms with Crippen molar-refractivity contribution in [2.75, 3.05) is 12.4 Å². The fourth-order valence-corrected chi connectivity index (χ4v) is 1.96. The summed E-state index contributed by atoms with van der Waals surface area (Å²) in [4.78, 5) is 24.2. The first-order valence-electron chi connectivity index (χ1n) is 5.29. The van der Waals surface area contributed by atoms with Gasteiger partial charge in [-0.25, -0.2) is 0 Å². The number of hydrogen-bond acceptors (Lipinski definition) is 4. The molecule has 2 rings (SSSR count). The van der Waals surface area contributed by atoms with Crippen molar-refractivity contribution in [3.05, 3.63) is 28.8 Å². The van der Waals surface area contributed by atoms with E-state index in [1.54, 1.807) is 12.1 Å². The van der Waals surface area contributed by atoms with E-state index in [0.29, 0.717) is 16.3 Å². The van der Waals surface area contributed by atoms with Crippen molar-refractivity contribution in [2.45, 2.75) is 12.5 Å². The molecule has 0 spiro atoms. The van der Waals surface area contributed by atoms with E-state index in [0.717, 1.165) is 4.90 Å². The molecule has 1 N–H and O–H groups in total. The monoisotopic (exact) mass is 263 g/mol. The van der Waals surface area contributed by atoms with Crippen molar-refractivity contribution in [1.29, 1.82) is 5.26 Å². The average molecular weight is 264 g/mol. The third-order valence-electron chi connectivity index (χ3n) is 2.81. The number of nitrogens with one attached hydrogen (secondary N) is 1. The number of hydrogen-bond donors (Lipinski definition) is 1. The van der Waals surface area contributed by atoms with Crippen LogP contribution < -0.4 is 5.32 Å². The Hall–Kier alpha value is -2.06. The normalized spacial score (nSPS) is 18.9. The molecule has 0 aliphatic carbocycles. The molecular weight excluding hydrogens is 254 g/mol. The van der Waals surface area contributed by atoms with Crippen molar-refractivity contribution >= 4 is 29.1 Å². The molecule has 1 saturated heterocycles. The highest BCUT2D eigenvalue weighted by Crippen LogP contribution is 2.23. The highest BCUT2D eigenvalue weighted by atomic mass is 35.5. The summed E-state index contributed by atoms with van der Waals surface area (Å²) in [7, 11) is 1.44. The Morgan fingerprint density at radius 2 is 2.22 bits per heavy atom. The summed E-state index contributed by atoms with van der Waals surface area (Å²) < 4.78 is 0. The van der Waals surface area contributed by atoms with Crippen LogP contribution in [0, 0.1) is 11.3 Å². The summed E-state index contributed by atoms with van der Waals surface area (Å²) >= 11 is 5.78. The van der Waals surface area contributed by atoms with Crippen LogP contribution in [-0.2, 0) is 9.59 Å². The molecule has 0 saturated carbocycles. The molecule has 1 heterocycles. The number of likely N-dealkylation sites (tertiary alicyclic amines) is 1. The highest BCUT2D eigenvalue weighted by molar-refractivity contribution is 6.30. The maximum Gasteiger partial charge on any atom is 0.251 e. The van der Waals surface area contributed by atoms with Gasteiger partial charge in [0, 0.05) is 12.1 Å². The lowest BCUT2D eigenvalue weighted by atomic mass is 10.1. The maximum atomic E-state index is 11.7. The van der Waals surface area contributed by atoms with Crippen LogP contribution in [0.2, 0.25) is 5.02 Å². The summed E-state index contributed by atoms with van der Waals surface area (Å²) in [6.45, 7) is 0. The lowest BCUT2D eigenvalue weighted by Gasteiger charge is -2.13. The van der Waals surface area contributed by atoms with E-state index in [2.05, 4.69) is 5.32 Å². The van der Waals surface area contributed by atoms with Crippen molar-refractivity contribution in [2.24, 2.45) is 0 Å². The number of carbonyl (C=O) groups is 2. The SMILES string of the molecule is CN1C(=O)CC(Nc2ccc(Cl)cc2C#N)C1=O. The molecule has 1 aliphatic rings. The number of imide groups is 1. The van der Waals surface area contributed by atoms with Crippen LogP contribution in [0.3, 0.4) is 0 Å². The Labute approximate surface area is 109 Å². The van der Waals surface area contributed by atoms with Gasteiger partial charge in [0.05, 0.1) is 17.7 Å². The molecule has 2 amide bonds. The van der Waals surface area contributed by atoms with E-state index in [4.69, 9.17) is 16.9 Å². The largest absolute Gasteiger partial charge is 0.372 e. The molecule has 1 atom stereocenters. The fourth-order valence-electron chi connectivity index (χ4n) is 1.79. The Morgan fingerprint density at radius 1 is 1.50 bits per heavy atom. The number of carbonyl (C=O) groups excluding carboxylic acids is 2. The van der Waals surface area contributed by atoms with Crippen molar-refractivity contribution in [1.82, 2.24) is 4.90 Å². The third-order valence-corrected chi connectivity index (χ3v) is 3.05. The standard InChI is InChI=1S/C12H10ClN3O2/c1-16-11(17)5-10(12(16)18)15-9-3-2-8(13)4-7(9)6-14/h2-4,10,15H,5H2,1H3. The van der Waals surface area contributed by atoms with Crippen LogP contribution >= 0.6 is 11.6 Å². The first-order chi connectivity index (χ1) is 8.52. The van der Waals surface area contributed by atoms with Gasteiger partial charge in [0.2, 0.25) is 5.91 Å². The molecule has 1 unspecified atom stereocenters. The summed E-state index contributed by atoms with van der Waals surface area (Å²) in [5.74, 6) is -0.524. The van der Waals surface area contributed by atoms with Crippen LogP contribution in [0.15, 0.2) is 18.2 Å². The summed E-state index contributed by atoms with van der Waals surface area (Å²) in [6.07, 6.45) is 0.100. The van der Waals surface area contributed by atoms with E-state index >= 15 is 0 Å². The molecule has 6 heteroatoms. The molecule has 1 aromatic rings. The topological polar surface area (TPSA) is 73.2 Å². The van der Waals surface area contributed by atoms with Crippen molar-refractivity contribution in [3.8, 4) is 6.07 Å². The van der Waals surface area contributed by atoms with E-state index in [1.165, 1.54) is 13.1 Å². The summed E-state index contributed by atoms with van der Waals surface area (Å²) in [5.41, 5.74) is 0.848. The smallest absolute Gasteiger partial charge is 0.251 e. The van der Waals surface area contributed by atoms with Gasteiger partial charge < -0.3 is 5.32 Å². The Kier molecular flexibility index (Phi) is 3.21. The second kappa shape index (κ2) is 4.67. The minimum absolute atomic E-state index is 0.100. The second-order valence-corrected chi connectivity index (χ2v) is 4.43. The zero-order valence-corrected chi connectivity index (χ0v) is 10.4. The number of nitrogens with zero attached hydrogens (tertiary/aromatic N) is 2. The lowest BCUT2D eigenvalue weighted by Crippen LogP contribution is -2.31. The first kappa shape index (κ1) is 12.4. The predicted molar refractivity (Wildman–Crippen MR) is 66.0 cm³/mol. The first-order valence-corrected chi connectivity index (χ1v) is 5.67. The molecule has 1 fully saturated rings. The van der Waals surface area contributed by atoms with Gasteiger partial charge in [0.1, 0.15) is 12.1 Å². The van der Waals surface area contributed by atoms with E-state index < -0.39 is 6.04 Å². The van der Waals surface area contributed by atoms with Gasteiger partial charge in [0.25, 0.3) is 5.91 Å². The Bertz CT molecular complexity index is 565. The van der Waals surface area contributed by atoms with Crippen molar-refractivity contribution < 1.29 is 9.59 Å². The van der Waals surface area contributed by atoms with Gasteiger partial charge >= 0.3 is 0 Å². The van der Waals surface area contributed by atoms with Crippen LogP contribution in [0.1, 0.15) is 12.0 Å². The molecule has 92 valence electrons. The average Bonchev–Trinajstić information content (AvgIpc) is 2.59. The van der Waals surface area contributed by atoms with Gasteiger partial charge in [-0.05, 0) is 18.2 Å². The van der Waals surface area contributed by atoms with Crippen molar-refractivity contribution in [3.63, 3.8) is 0 Å². The summed E-state index contributed by atoms with van der Waals surface area (Å²) in [6, 6.07) is 6.13. The predicted octanol–water partition coefficient (Wildman–Crippen LogP) is 1.38. The number of nitriles is 1. The van der Waals surface area contributed by atoms with E-state index in [9.17, 15) is 9.59 Å². The molecule has 5 nitrogen and oxygen atoms in total. The molecule has 0 aromatic heterocycles. The second-order valence-electron chi connectivity index (χ2n) is 3.99. The van der Waals surface area contributed by atoms with Gasteiger partial charge in [-0.3, -0.25) is 14.5 Å². The van der Waals surface area contributed by atoms with Crippen LogP contribution in [-0.4, -0.2) is 29.8 Å². The number of anilines is 1. The number of likely N-dealkylation sites (N-methyl/N-ethyl adjacent to an activating group) is 1. The maximum absolute atomic E-state index is 11.7. The van der Waals surface area contributed by atoms with Gasteiger partial charge in [-0.2, -0.15) is 5.26 Å². The Morgan fingerprint density at radius 3 is 2.78 bits per heavy atom. The number of benzene rings is 1. The molecule has 18 heavy (non-hydrogen) atoms. The zero-order chi connectivity index (χ0) is 13.3. The fraction of sp³-hybridized carbons (Fsp3) is 0.250. The lowest BCUT2D eigenvalue weighted by molar-refractivity contribution is -0.136. The molecule has 0 bridgehead atoms. The molecular formula is C12H10ClN3O2. The highest BCUT2D eigenvalue weighted by Gasteiger charge is 2.36. The van der Waals surface area contributed by atoms with Crippen LogP contribution in [0.25, 0.3) is 0 Å². The Balaban J connectivity index is 2.23. The van der Waals surface area contributed by atoms with Gasteiger partial charge in [0.15, 0.2) is 0 Å². The number of halogens is 1. The molecule has 1 aromatic carbocycles.